The molecular formula is C27H38N4O7S. The van der Waals surface area contributed by atoms with Gasteiger partial charge in [-0.3, -0.25) is 14.7 Å². The lowest BCUT2D eigenvalue weighted by Crippen LogP contribution is -2.55. The first-order valence-corrected chi connectivity index (χ1v) is 13.7. The van der Waals surface area contributed by atoms with Gasteiger partial charge in [-0.15, -0.1) is 16.9 Å². The molecule has 1 fully saturated rings. The van der Waals surface area contributed by atoms with Crippen LogP contribution in [-0.2, 0) is 16.0 Å². The minimum atomic E-state index is -1.46. The number of hydrogen-bond acceptors (Lipinski definition) is 9. The van der Waals surface area contributed by atoms with E-state index in [1.54, 1.807) is 19.9 Å². The number of carbonyl (C=O) groups excluding carboxylic acids is 2. The Balaban J connectivity index is 1.70. The summed E-state index contributed by atoms with van der Waals surface area (Å²) in [6.07, 6.45) is 0.0000685. The highest BCUT2D eigenvalue weighted by Crippen LogP contribution is 2.36. The van der Waals surface area contributed by atoms with Gasteiger partial charge in [0.05, 0.1) is 18.0 Å². The summed E-state index contributed by atoms with van der Waals surface area (Å²) in [6, 6.07) is 7.72. The standard InChI is InChI=1S/C27H38N4O7S/c1-14(2)20-17(24(31-30-20)38-25-23(36)22(35)21(34)18(13-32)39-25)12-16-10-8-15(9-11-16)6-5-7-19(33)29-27(3,4)26(28)37/h5-6,8-11,14,18,21-23,25,32,34-36H,7,12-13H2,1-4H3,(H2,28,37)(H,29,33)(H,30,31)/b6-5+/t18-,21-,22?,23-,25-/m1/s1. The number of rotatable bonds is 11. The number of benzene rings is 1. The van der Waals surface area contributed by atoms with Crippen LogP contribution < -0.4 is 15.8 Å². The maximum atomic E-state index is 12.1. The molecule has 8 N–H and O–H groups in total. The van der Waals surface area contributed by atoms with Gasteiger partial charge in [-0.2, -0.15) is 0 Å². The van der Waals surface area contributed by atoms with Gasteiger partial charge < -0.3 is 36.2 Å². The first-order valence-electron chi connectivity index (χ1n) is 12.7. The molecule has 1 saturated heterocycles. The van der Waals surface area contributed by atoms with Crippen LogP contribution in [0, 0.1) is 0 Å². The topological polar surface area (TPSA) is 191 Å². The van der Waals surface area contributed by atoms with Gasteiger partial charge in [-0.1, -0.05) is 50.3 Å². The van der Waals surface area contributed by atoms with E-state index in [1.165, 1.54) is 0 Å². The lowest BCUT2D eigenvalue weighted by molar-refractivity contribution is -0.129. The average molecular weight is 563 g/mol. The number of H-pyrrole nitrogens is 1. The Morgan fingerprint density at radius 3 is 2.44 bits per heavy atom. The van der Waals surface area contributed by atoms with Crippen LogP contribution >= 0.6 is 11.8 Å². The summed E-state index contributed by atoms with van der Waals surface area (Å²) < 4.78 is 6.01. The molecule has 1 aliphatic heterocycles. The Hall–Kier alpha value is -2.90. The molecule has 0 spiro atoms. The summed E-state index contributed by atoms with van der Waals surface area (Å²) in [7, 11) is 0. The fourth-order valence-electron chi connectivity index (χ4n) is 4.10. The number of amides is 2. The molecule has 1 unspecified atom stereocenters. The predicted molar refractivity (Wildman–Crippen MR) is 148 cm³/mol. The van der Waals surface area contributed by atoms with E-state index in [-0.39, 0.29) is 30.7 Å². The smallest absolute Gasteiger partial charge is 0.242 e. The number of aromatic nitrogens is 2. The lowest BCUT2D eigenvalue weighted by Gasteiger charge is -2.38. The summed E-state index contributed by atoms with van der Waals surface area (Å²) in [5.41, 5.74) is 6.77. The van der Waals surface area contributed by atoms with Crippen molar-refractivity contribution in [1.82, 2.24) is 15.5 Å². The van der Waals surface area contributed by atoms with Crippen LogP contribution in [-0.4, -0.2) is 83.6 Å². The molecule has 12 heteroatoms. The number of primary amides is 1. The maximum absolute atomic E-state index is 12.1. The number of hydrogen-bond donors (Lipinski definition) is 7. The van der Waals surface area contributed by atoms with E-state index in [9.17, 15) is 30.0 Å². The van der Waals surface area contributed by atoms with Gasteiger partial charge in [0.15, 0.2) is 5.44 Å². The third-order valence-electron chi connectivity index (χ3n) is 6.56. The quantitative estimate of drug-likeness (QED) is 0.208. The molecule has 3 rings (SSSR count). The molecule has 0 radical (unpaired) electrons. The minimum Gasteiger partial charge on any atom is -0.459 e. The number of nitrogens with one attached hydrogen (secondary N) is 2. The highest BCUT2D eigenvalue weighted by Gasteiger charge is 2.45. The van der Waals surface area contributed by atoms with Gasteiger partial charge in [0.25, 0.3) is 0 Å². The molecule has 0 aliphatic carbocycles. The first kappa shape index (κ1) is 30.6. The van der Waals surface area contributed by atoms with Crippen LogP contribution in [0.5, 0.6) is 5.88 Å². The zero-order valence-electron chi connectivity index (χ0n) is 22.5. The number of aromatic amines is 1. The second kappa shape index (κ2) is 13.0. The second-order valence-electron chi connectivity index (χ2n) is 10.5. The third-order valence-corrected chi connectivity index (χ3v) is 7.98. The van der Waals surface area contributed by atoms with Crippen molar-refractivity contribution in [2.24, 2.45) is 5.73 Å². The Bertz CT molecular complexity index is 1160. The average Bonchev–Trinajstić information content (AvgIpc) is 3.27. The predicted octanol–water partition coefficient (Wildman–Crippen LogP) is 0.803. The van der Waals surface area contributed by atoms with E-state index in [2.05, 4.69) is 15.5 Å². The van der Waals surface area contributed by atoms with Crippen molar-refractivity contribution in [2.45, 2.75) is 81.0 Å². The largest absolute Gasteiger partial charge is 0.459 e. The monoisotopic (exact) mass is 562 g/mol. The Morgan fingerprint density at radius 2 is 1.85 bits per heavy atom. The van der Waals surface area contributed by atoms with Crippen molar-refractivity contribution in [3.63, 3.8) is 0 Å². The summed E-state index contributed by atoms with van der Waals surface area (Å²) in [6.45, 7) is 6.75. The van der Waals surface area contributed by atoms with Crippen LogP contribution in [0.4, 0.5) is 0 Å². The zero-order valence-corrected chi connectivity index (χ0v) is 23.3. The molecule has 2 heterocycles. The third kappa shape index (κ3) is 7.61. The molecule has 0 saturated carbocycles. The summed E-state index contributed by atoms with van der Waals surface area (Å²) in [5, 5.41) is 49.5. The molecule has 1 aliphatic rings. The molecule has 11 nitrogen and oxygen atoms in total. The number of carbonyl (C=O) groups is 2. The van der Waals surface area contributed by atoms with Crippen molar-refractivity contribution >= 4 is 29.7 Å². The number of ether oxygens (including phenoxy) is 1. The lowest BCUT2D eigenvalue weighted by atomic mass is 9.99. The van der Waals surface area contributed by atoms with E-state index in [0.29, 0.717) is 6.42 Å². The van der Waals surface area contributed by atoms with E-state index in [4.69, 9.17) is 10.5 Å². The normalized spacial score (nSPS) is 23.8. The molecule has 214 valence electrons. The summed E-state index contributed by atoms with van der Waals surface area (Å²) in [4.78, 5) is 23.5. The van der Waals surface area contributed by atoms with Gasteiger partial charge in [-0.05, 0) is 30.9 Å². The van der Waals surface area contributed by atoms with Gasteiger partial charge in [-0.25, -0.2) is 0 Å². The van der Waals surface area contributed by atoms with Crippen LogP contribution in [0.2, 0.25) is 0 Å². The number of nitrogens with zero attached hydrogens (tertiary/aromatic N) is 1. The van der Waals surface area contributed by atoms with E-state index < -0.39 is 40.4 Å². The zero-order chi connectivity index (χ0) is 28.9. The van der Waals surface area contributed by atoms with E-state index in [1.807, 2.05) is 44.2 Å². The van der Waals surface area contributed by atoms with Gasteiger partial charge in [0.1, 0.15) is 17.7 Å². The van der Waals surface area contributed by atoms with Crippen LogP contribution in [0.1, 0.15) is 62.4 Å². The SMILES string of the molecule is CC(C)c1[nH]nc(O[C@@H]2S[C@H](CO)[C@@H](O)C(O)[C@H]2O)c1Cc1ccc(/C=C/CC(=O)NC(C)(C)C(N)=O)cc1. The molecule has 5 atom stereocenters. The molecule has 1 aromatic heterocycles. The van der Waals surface area contributed by atoms with Crippen molar-refractivity contribution in [3.8, 4) is 5.88 Å². The van der Waals surface area contributed by atoms with Gasteiger partial charge in [0.2, 0.25) is 17.7 Å². The van der Waals surface area contributed by atoms with Crippen molar-refractivity contribution in [3.05, 3.63) is 52.7 Å². The molecule has 2 aromatic rings. The number of nitrogens with two attached hydrogens (primary N) is 1. The highest BCUT2D eigenvalue weighted by molar-refractivity contribution is 8.00. The highest BCUT2D eigenvalue weighted by atomic mass is 32.2. The number of aliphatic hydroxyl groups excluding tert-OH is 4. The van der Waals surface area contributed by atoms with E-state index >= 15 is 0 Å². The molecule has 1 aromatic carbocycles. The van der Waals surface area contributed by atoms with Crippen molar-refractivity contribution < 1.29 is 34.8 Å². The van der Waals surface area contributed by atoms with Gasteiger partial charge >= 0.3 is 0 Å². The second-order valence-corrected chi connectivity index (χ2v) is 11.8. The molecular weight excluding hydrogens is 524 g/mol. The van der Waals surface area contributed by atoms with Gasteiger partial charge in [0, 0.05) is 24.1 Å². The number of aliphatic hydroxyl groups is 4. The number of thioether (sulfide) groups is 1. The molecule has 0 bridgehead atoms. The Morgan fingerprint density at radius 1 is 1.18 bits per heavy atom. The van der Waals surface area contributed by atoms with Crippen LogP contribution in [0.25, 0.3) is 6.08 Å². The van der Waals surface area contributed by atoms with E-state index in [0.717, 1.165) is 34.1 Å². The summed E-state index contributed by atoms with van der Waals surface area (Å²) >= 11 is 1.05. The Labute approximate surface area is 231 Å². The fraction of sp³-hybridized carbons (Fsp3) is 0.519. The molecule has 2 amide bonds. The van der Waals surface area contributed by atoms with Crippen molar-refractivity contribution in [2.75, 3.05) is 6.61 Å². The Kier molecular flexibility index (Phi) is 10.2. The fourth-order valence-corrected chi connectivity index (χ4v) is 5.32. The first-order chi connectivity index (χ1) is 18.3. The maximum Gasteiger partial charge on any atom is 0.242 e. The molecule has 39 heavy (non-hydrogen) atoms. The minimum absolute atomic E-state index is 0.0970. The summed E-state index contributed by atoms with van der Waals surface area (Å²) in [5.74, 6) is -0.528. The van der Waals surface area contributed by atoms with Crippen LogP contribution in [0.15, 0.2) is 30.3 Å². The van der Waals surface area contributed by atoms with Crippen molar-refractivity contribution in [1.29, 1.82) is 0 Å². The van der Waals surface area contributed by atoms with Crippen LogP contribution in [0.3, 0.4) is 0 Å².